The molecule has 0 saturated carbocycles. The van der Waals surface area contributed by atoms with Crippen LogP contribution in [0, 0.1) is 0 Å². The third-order valence-electron chi connectivity index (χ3n) is 2.63. The maximum Gasteiger partial charge on any atom is 0.171 e. The summed E-state index contributed by atoms with van der Waals surface area (Å²) in [6.45, 7) is 4.26. The van der Waals surface area contributed by atoms with Crippen molar-refractivity contribution in [3.8, 4) is 0 Å². The van der Waals surface area contributed by atoms with E-state index in [4.69, 9.17) is 9.47 Å². The topological polar surface area (TPSA) is 30.5 Å². The first kappa shape index (κ1) is 13.6. The standard InChI is InChI=1S/C12H21NO2S/c1-5-10(11-7-6-8-16-11)13-9(2)12(14-3)15-4/h6-10,12-13H,5H2,1-4H3. The fourth-order valence-corrected chi connectivity index (χ4v) is 2.66. The van der Waals surface area contributed by atoms with Gasteiger partial charge in [-0.1, -0.05) is 13.0 Å². The van der Waals surface area contributed by atoms with Gasteiger partial charge in [0.25, 0.3) is 0 Å². The van der Waals surface area contributed by atoms with Gasteiger partial charge in [-0.2, -0.15) is 0 Å². The second-order valence-corrected chi connectivity index (χ2v) is 4.75. The molecule has 1 aromatic rings. The number of hydrogen-bond acceptors (Lipinski definition) is 4. The van der Waals surface area contributed by atoms with Gasteiger partial charge in [-0.25, -0.2) is 0 Å². The van der Waals surface area contributed by atoms with Gasteiger partial charge in [-0.15, -0.1) is 11.3 Å². The van der Waals surface area contributed by atoms with Gasteiger partial charge in [0.15, 0.2) is 6.29 Å². The van der Waals surface area contributed by atoms with Gasteiger partial charge in [-0.3, -0.25) is 0 Å². The Morgan fingerprint density at radius 3 is 2.50 bits per heavy atom. The van der Waals surface area contributed by atoms with Crippen molar-refractivity contribution in [1.29, 1.82) is 0 Å². The van der Waals surface area contributed by atoms with Crippen molar-refractivity contribution in [2.75, 3.05) is 14.2 Å². The first-order chi connectivity index (χ1) is 7.72. The molecular weight excluding hydrogens is 222 g/mol. The molecule has 0 aromatic carbocycles. The largest absolute Gasteiger partial charge is 0.354 e. The minimum absolute atomic E-state index is 0.169. The summed E-state index contributed by atoms with van der Waals surface area (Å²) in [5.41, 5.74) is 0. The summed E-state index contributed by atoms with van der Waals surface area (Å²) in [5, 5.41) is 5.64. The molecule has 0 bridgehead atoms. The van der Waals surface area contributed by atoms with Crippen molar-refractivity contribution in [1.82, 2.24) is 5.32 Å². The molecule has 4 heteroatoms. The molecule has 0 saturated heterocycles. The first-order valence-electron chi connectivity index (χ1n) is 5.58. The van der Waals surface area contributed by atoms with Gasteiger partial charge >= 0.3 is 0 Å². The number of ether oxygens (including phenoxy) is 2. The van der Waals surface area contributed by atoms with E-state index < -0.39 is 0 Å². The van der Waals surface area contributed by atoms with Crippen molar-refractivity contribution in [3.63, 3.8) is 0 Å². The number of thiophene rings is 1. The first-order valence-corrected chi connectivity index (χ1v) is 6.45. The van der Waals surface area contributed by atoms with Gasteiger partial charge in [0.1, 0.15) is 0 Å². The van der Waals surface area contributed by atoms with E-state index in [2.05, 4.69) is 36.7 Å². The predicted octanol–water partition coefficient (Wildman–Crippen LogP) is 2.80. The smallest absolute Gasteiger partial charge is 0.171 e. The molecule has 16 heavy (non-hydrogen) atoms. The molecule has 0 radical (unpaired) electrons. The molecule has 3 nitrogen and oxygen atoms in total. The van der Waals surface area contributed by atoms with Crippen LogP contribution in [0.2, 0.25) is 0 Å². The zero-order valence-corrected chi connectivity index (χ0v) is 11.2. The summed E-state index contributed by atoms with van der Waals surface area (Å²) in [6, 6.07) is 4.79. The zero-order chi connectivity index (χ0) is 12.0. The molecule has 0 aliphatic rings. The zero-order valence-electron chi connectivity index (χ0n) is 10.4. The lowest BCUT2D eigenvalue weighted by atomic mass is 10.1. The molecule has 0 aliphatic heterocycles. The van der Waals surface area contributed by atoms with Crippen LogP contribution in [0.25, 0.3) is 0 Å². The lowest BCUT2D eigenvalue weighted by Crippen LogP contribution is -2.41. The van der Waals surface area contributed by atoms with Crippen LogP contribution in [0.5, 0.6) is 0 Å². The van der Waals surface area contributed by atoms with Crippen molar-refractivity contribution in [2.45, 2.75) is 38.6 Å². The molecule has 2 atom stereocenters. The molecule has 1 aromatic heterocycles. The van der Waals surface area contributed by atoms with Crippen LogP contribution in [0.15, 0.2) is 17.5 Å². The Morgan fingerprint density at radius 2 is 2.06 bits per heavy atom. The summed E-state index contributed by atoms with van der Waals surface area (Å²) in [5.74, 6) is 0. The van der Waals surface area contributed by atoms with Gasteiger partial charge in [-0.05, 0) is 24.8 Å². The normalized spacial score (nSPS) is 15.3. The molecule has 0 fully saturated rings. The molecule has 1 N–H and O–H groups in total. The van der Waals surface area contributed by atoms with Crippen LogP contribution >= 0.6 is 11.3 Å². The molecule has 92 valence electrons. The van der Waals surface area contributed by atoms with Gasteiger partial charge < -0.3 is 14.8 Å². The lowest BCUT2D eigenvalue weighted by molar-refractivity contribution is -0.121. The molecule has 0 spiro atoms. The predicted molar refractivity (Wildman–Crippen MR) is 67.8 cm³/mol. The molecule has 1 heterocycles. The highest BCUT2D eigenvalue weighted by Gasteiger charge is 2.20. The number of nitrogens with one attached hydrogen (secondary N) is 1. The van der Waals surface area contributed by atoms with Crippen LogP contribution in [-0.2, 0) is 9.47 Å². The fraction of sp³-hybridized carbons (Fsp3) is 0.667. The minimum Gasteiger partial charge on any atom is -0.354 e. The monoisotopic (exact) mass is 243 g/mol. The highest BCUT2D eigenvalue weighted by Crippen LogP contribution is 2.22. The van der Waals surface area contributed by atoms with Crippen LogP contribution < -0.4 is 5.32 Å². The van der Waals surface area contributed by atoms with Crippen molar-refractivity contribution < 1.29 is 9.47 Å². The van der Waals surface area contributed by atoms with Gasteiger partial charge in [0.05, 0.1) is 6.04 Å². The number of methoxy groups -OCH3 is 2. The van der Waals surface area contributed by atoms with E-state index in [1.54, 1.807) is 25.6 Å². The Bertz CT molecular complexity index is 273. The molecule has 0 amide bonds. The average Bonchev–Trinajstić information content (AvgIpc) is 2.81. The Balaban J connectivity index is 2.56. The Morgan fingerprint density at radius 1 is 1.38 bits per heavy atom. The van der Waals surface area contributed by atoms with E-state index in [1.807, 2.05) is 0 Å². The summed E-state index contributed by atoms with van der Waals surface area (Å²) in [6.07, 6.45) is 0.861. The Labute approximate surface area is 102 Å². The summed E-state index contributed by atoms with van der Waals surface area (Å²) in [7, 11) is 3.33. The molecular formula is C12H21NO2S. The highest BCUT2D eigenvalue weighted by atomic mass is 32.1. The third kappa shape index (κ3) is 3.56. The average molecular weight is 243 g/mol. The summed E-state index contributed by atoms with van der Waals surface area (Å²) in [4.78, 5) is 1.36. The molecule has 1 rings (SSSR count). The van der Waals surface area contributed by atoms with Crippen LogP contribution in [0.1, 0.15) is 31.2 Å². The van der Waals surface area contributed by atoms with Crippen molar-refractivity contribution in [2.24, 2.45) is 0 Å². The van der Waals surface area contributed by atoms with Gasteiger partial charge in [0.2, 0.25) is 0 Å². The van der Waals surface area contributed by atoms with Gasteiger partial charge in [0, 0.05) is 25.1 Å². The quantitative estimate of drug-likeness (QED) is 0.747. The maximum atomic E-state index is 5.24. The number of hydrogen-bond donors (Lipinski definition) is 1. The maximum absolute atomic E-state index is 5.24. The van der Waals surface area contributed by atoms with E-state index in [1.165, 1.54) is 4.88 Å². The second-order valence-electron chi connectivity index (χ2n) is 3.77. The van der Waals surface area contributed by atoms with E-state index in [9.17, 15) is 0 Å². The second kappa shape index (κ2) is 7.01. The van der Waals surface area contributed by atoms with E-state index in [0.717, 1.165) is 6.42 Å². The van der Waals surface area contributed by atoms with E-state index in [-0.39, 0.29) is 12.3 Å². The van der Waals surface area contributed by atoms with Crippen molar-refractivity contribution >= 4 is 11.3 Å². The summed E-state index contributed by atoms with van der Waals surface area (Å²) < 4.78 is 10.5. The minimum atomic E-state index is -0.200. The fourth-order valence-electron chi connectivity index (χ4n) is 1.79. The number of rotatable bonds is 7. The van der Waals surface area contributed by atoms with Crippen LogP contribution in [0.3, 0.4) is 0 Å². The van der Waals surface area contributed by atoms with Crippen LogP contribution in [0.4, 0.5) is 0 Å². The Hall–Kier alpha value is -0.420. The van der Waals surface area contributed by atoms with E-state index >= 15 is 0 Å². The molecule has 2 unspecified atom stereocenters. The highest BCUT2D eigenvalue weighted by molar-refractivity contribution is 7.10. The van der Waals surface area contributed by atoms with E-state index in [0.29, 0.717) is 6.04 Å². The lowest BCUT2D eigenvalue weighted by Gasteiger charge is -2.26. The summed E-state index contributed by atoms with van der Waals surface area (Å²) >= 11 is 1.78. The third-order valence-corrected chi connectivity index (χ3v) is 3.62. The van der Waals surface area contributed by atoms with Crippen molar-refractivity contribution in [3.05, 3.63) is 22.4 Å². The SMILES string of the molecule is CCC(NC(C)C(OC)OC)c1cccs1. The molecule has 0 aliphatic carbocycles. The Kier molecular flexibility index (Phi) is 5.98. The van der Waals surface area contributed by atoms with Crippen LogP contribution in [-0.4, -0.2) is 26.6 Å².